The molecule has 0 aliphatic heterocycles. The largest absolute Gasteiger partial charge is 0.481 e. The summed E-state index contributed by atoms with van der Waals surface area (Å²) in [4.78, 5) is 15.9. The molecule has 5 heteroatoms. The molecule has 0 aliphatic carbocycles. The van der Waals surface area contributed by atoms with Gasteiger partial charge in [0, 0.05) is 18.4 Å². The van der Waals surface area contributed by atoms with Gasteiger partial charge in [-0.15, -0.1) is 0 Å². The van der Waals surface area contributed by atoms with E-state index in [0.717, 1.165) is 0 Å². The SMILES string of the molecule is [2H]c1c(Cl)nc(OC([2H])([2H])[2H])c([2H])c1C(=O)OC(C([2H])([2H])[2H])(C([2H])([2H])[2H])C([2H])([2H])[2H]. The van der Waals surface area contributed by atoms with Crippen molar-refractivity contribution in [3.8, 4) is 5.88 Å². The lowest BCUT2D eigenvalue weighted by molar-refractivity contribution is 0.00690. The highest BCUT2D eigenvalue weighted by Crippen LogP contribution is 2.19. The second kappa shape index (κ2) is 4.70. The third-order valence-corrected chi connectivity index (χ3v) is 1.39. The second-order valence-electron chi connectivity index (χ2n) is 2.51. The Bertz CT molecular complexity index is 789. The van der Waals surface area contributed by atoms with Gasteiger partial charge < -0.3 is 9.47 Å². The summed E-state index contributed by atoms with van der Waals surface area (Å²) in [6, 6.07) is -2.28. The van der Waals surface area contributed by atoms with Crippen LogP contribution < -0.4 is 4.74 Å². The molecule has 0 saturated heterocycles. The van der Waals surface area contributed by atoms with Gasteiger partial charge in [-0.2, -0.15) is 0 Å². The molecule has 4 nitrogen and oxygen atoms in total. The first-order valence-corrected chi connectivity index (χ1v) is 4.03. The lowest BCUT2D eigenvalue weighted by Crippen LogP contribution is -2.23. The first kappa shape index (κ1) is 3.35. The third kappa shape index (κ3) is 3.70. The molecular weight excluding hydrogens is 230 g/mol. The standard InChI is InChI=1S/C11H14ClNO3/c1-11(2,3)16-10(14)7-5-8(12)13-9(6-7)15-4/h5-6H,1-4H3/i1D3,2D3,3D3,4D3,5D,6D. The van der Waals surface area contributed by atoms with E-state index in [-0.39, 0.29) is 0 Å². The Morgan fingerprint density at radius 3 is 2.94 bits per heavy atom. The van der Waals surface area contributed by atoms with E-state index in [2.05, 4.69) is 14.5 Å². The molecule has 0 unspecified atom stereocenters. The van der Waals surface area contributed by atoms with E-state index < -0.39 is 67.8 Å². The van der Waals surface area contributed by atoms with Gasteiger partial charge in [0.15, 0.2) is 0 Å². The fourth-order valence-electron chi connectivity index (χ4n) is 0.727. The zero-order chi connectivity index (χ0) is 24.1. The molecule has 0 N–H and O–H groups in total. The summed E-state index contributed by atoms with van der Waals surface area (Å²) in [5, 5.41) is -0.876. The van der Waals surface area contributed by atoms with Crippen molar-refractivity contribution in [2.45, 2.75) is 26.2 Å². The predicted octanol–water partition coefficient (Wildman–Crippen LogP) is 2.70. The van der Waals surface area contributed by atoms with E-state index in [1.54, 1.807) is 0 Å². The third-order valence-electron chi connectivity index (χ3n) is 1.21. The summed E-state index contributed by atoms with van der Waals surface area (Å²) in [6.07, 6.45) is 0. The van der Waals surface area contributed by atoms with E-state index in [0.29, 0.717) is 0 Å². The Morgan fingerprint density at radius 1 is 1.56 bits per heavy atom. The average Bonchev–Trinajstić information content (AvgIpc) is 2.45. The second-order valence-corrected chi connectivity index (χ2v) is 2.86. The van der Waals surface area contributed by atoms with Crippen LogP contribution in [-0.4, -0.2) is 23.6 Å². The summed E-state index contributed by atoms with van der Waals surface area (Å²) in [7, 11) is -3.17. The molecule has 0 radical (unpaired) electrons. The van der Waals surface area contributed by atoms with Crippen LogP contribution in [0.15, 0.2) is 12.1 Å². The van der Waals surface area contributed by atoms with Crippen molar-refractivity contribution >= 4 is 17.6 Å². The molecule has 88 valence electrons. The number of ether oxygens (including phenoxy) is 2. The number of pyridine rings is 1. The molecule has 16 heavy (non-hydrogen) atoms. The number of hydrogen-bond donors (Lipinski definition) is 0. The Labute approximate surface area is 119 Å². The van der Waals surface area contributed by atoms with Gasteiger partial charge in [-0.3, -0.25) is 0 Å². The molecule has 0 saturated carbocycles. The average molecular weight is 258 g/mol. The highest BCUT2D eigenvalue weighted by molar-refractivity contribution is 6.29. The minimum atomic E-state index is -4.04. The Morgan fingerprint density at radius 2 is 2.31 bits per heavy atom. The maximum Gasteiger partial charge on any atom is 0.338 e. The van der Waals surface area contributed by atoms with Gasteiger partial charge in [-0.05, 0) is 26.6 Å². The lowest BCUT2D eigenvalue weighted by atomic mass is 10.2. The fraction of sp³-hybridized carbons (Fsp3) is 0.455. The normalized spacial score (nSPS) is 27.1. The van der Waals surface area contributed by atoms with E-state index in [1.807, 2.05) is 0 Å². The number of aromatic nitrogens is 1. The van der Waals surface area contributed by atoms with E-state index in [1.165, 1.54) is 0 Å². The first-order chi connectivity index (χ1) is 13.1. The number of rotatable bonds is 2. The minimum absolute atomic E-state index is 0.876. The highest BCUT2D eigenvalue weighted by Gasteiger charge is 2.19. The maximum absolute atomic E-state index is 12.6. The van der Waals surface area contributed by atoms with Crippen LogP contribution in [0.3, 0.4) is 0 Å². The number of hydrogen-bond acceptors (Lipinski definition) is 4. The first-order valence-electron chi connectivity index (χ1n) is 10.7. The van der Waals surface area contributed by atoms with Gasteiger partial charge in [0.25, 0.3) is 0 Å². The monoisotopic (exact) mass is 257 g/mol. The molecule has 0 spiro atoms. The lowest BCUT2D eigenvalue weighted by Gasteiger charge is -2.19. The van der Waals surface area contributed by atoms with Crippen LogP contribution in [0.4, 0.5) is 0 Å². The number of esters is 1. The summed E-state index contributed by atoms with van der Waals surface area (Å²) >= 11 is 5.62. The van der Waals surface area contributed by atoms with Crippen molar-refractivity contribution in [2.75, 3.05) is 7.04 Å². The molecule has 1 aromatic rings. The van der Waals surface area contributed by atoms with Gasteiger partial charge in [0.05, 0.1) is 19.5 Å². The molecule has 1 heterocycles. The smallest absolute Gasteiger partial charge is 0.338 e. The summed E-state index contributed by atoms with van der Waals surface area (Å²) < 4.78 is 112. The molecular formula is C11H14ClNO3. The van der Waals surface area contributed by atoms with Crippen molar-refractivity contribution in [1.29, 1.82) is 0 Å². The van der Waals surface area contributed by atoms with Gasteiger partial charge in [-0.25, -0.2) is 9.78 Å². The number of carbonyl (C=O) groups is 1. The van der Waals surface area contributed by atoms with Crippen LogP contribution in [0, 0.1) is 0 Å². The molecule has 0 aromatic carbocycles. The van der Waals surface area contributed by atoms with Crippen LogP contribution in [0.25, 0.3) is 0 Å². The van der Waals surface area contributed by atoms with Gasteiger partial charge in [0.1, 0.15) is 10.8 Å². The number of nitrogens with zero attached hydrogens (tertiary/aromatic N) is 1. The van der Waals surface area contributed by atoms with Crippen LogP contribution in [-0.2, 0) is 4.74 Å². The van der Waals surface area contributed by atoms with Crippen LogP contribution in [0.1, 0.15) is 50.1 Å². The van der Waals surface area contributed by atoms with Gasteiger partial charge >= 0.3 is 5.97 Å². The molecule has 0 atom stereocenters. The van der Waals surface area contributed by atoms with Crippen molar-refractivity contribution < 1.29 is 33.5 Å². The Balaban J connectivity index is 3.74. The van der Waals surface area contributed by atoms with Gasteiger partial charge in [0.2, 0.25) is 5.88 Å². The minimum Gasteiger partial charge on any atom is -0.481 e. The van der Waals surface area contributed by atoms with Crippen LogP contribution >= 0.6 is 11.6 Å². The van der Waals surface area contributed by atoms with Gasteiger partial charge in [-0.1, -0.05) is 11.6 Å². The van der Waals surface area contributed by atoms with E-state index in [4.69, 9.17) is 30.8 Å². The molecule has 0 aliphatic rings. The van der Waals surface area contributed by atoms with Crippen molar-refractivity contribution in [1.82, 2.24) is 4.98 Å². The van der Waals surface area contributed by atoms with Crippen molar-refractivity contribution in [2.24, 2.45) is 0 Å². The van der Waals surface area contributed by atoms with Crippen molar-refractivity contribution in [3.05, 3.63) is 22.8 Å². The molecule has 1 rings (SSSR count). The molecule has 0 bridgehead atoms. The summed E-state index contributed by atoms with van der Waals surface area (Å²) in [6.45, 7) is -11.7. The highest BCUT2D eigenvalue weighted by atomic mass is 35.5. The zero-order valence-corrected chi connectivity index (χ0v) is 8.31. The Kier molecular flexibility index (Phi) is 0.985. The fourth-order valence-corrected chi connectivity index (χ4v) is 0.898. The predicted molar refractivity (Wildman–Crippen MR) is 61.0 cm³/mol. The van der Waals surface area contributed by atoms with Crippen molar-refractivity contribution in [3.63, 3.8) is 0 Å². The molecule has 0 fully saturated rings. The Hall–Kier alpha value is -1.29. The number of halogens is 1. The number of methoxy groups -OCH3 is 1. The summed E-state index contributed by atoms with van der Waals surface area (Å²) in [5.74, 6) is -3.11. The maximum atomic E-state index is 12.6. The van der Waals surface area contributed by atoms with E-state index >= 15 is 0 Å². The van der Waals surface area contributed by atoms with E-state index in [9.17, 15) is 4.79 Å². The zero-order valence-electron chi connectivity index (χ0n) is 21.5. The topological polar surface area (TPSA) is 48.4 Å². The quantitative estimate of drug-likeness (QED) is 0.604. The molecule has 0 amide bonds. The number of carbonyl (C=O) groups excluding carboxylic acids is 1. The molecule has 1 aromatic heterocycles. The van der Waals surface area contributed by atoms with Crippen LogP contribution in [0.5, 0.6) is 5.88 Å². The summed E-state index contributed by atoms with van der Waals surface area (Å²) in [5.41, 5.74) is -5.28. The van der Waals surface area contributed by atoms with Crippen LogP contribution in [0.2, 0.25) is 5.15 Å².